The fraction of sp³-hybridized carbons (Fsp3) is 0.148. The predicted octanol–water partition coefficient (Wildman–Crippen LogP) is 4.96. The summed E-state index contributed by atoms with van der Waals surface area (Å²) in [6.07, 6.45) is 1.59. The Balaban J connectivity index is 1.43. The Morgan fingerprint density at radius 1 is 0.917 bits per heavy atom. The molecule has 0 aliphatic carbocycles. The molecule has 9 heteroatoms. The van der Waals surface area contributed by atoms with Gasteiger partial charge in [-0.2, -0.15) is 0 Å². The van der Waals surface area contributed by atoms with Crippen molar-refractivity contribution in [1.82, 2.24) is 4.90 Å². The number of nitrogens with one attached hydrogen (secondary N) is 1. The highest BCUT2D eigenvalue weighted by atomic mass is 32.2. The number of nitrogens with zero attached hydrogens (tertiary/aromatic N) is 1. The summed E-state index contributed by atoms with van der Waals surface area (Å²) < 4.78 is 16.5. The van der Waals surface area contributed by atoms with Crippen molar-refractivity contribution in [2.24, 2.45) is 0 Å². The first kappa shape index (κ1) is 24.9. The van der Waals surface area contributed by atoms with Crippen molar-refractivity contribution in [3.63, 3.8) is 0 Å². The summed E-state index contributed by atoms with van der Waals surface area (Å²) in [7, 11) is 3.02. The van der Waals surface area contributed by atoms with E-state index in [0.29, 0.717) is 35.1 Å². The SMILES string of the molecule is COc1ccccc1NC(=O)CN1C(=O)S/C(=C/c2ccc(OCc3ccccc3)c(OC)c2)C1=O. The molecule has 1 aliphatic heterocycles. The minimum Gasteiger partial charge on any atom is -0.495 e. The summed E-state index contributed by atoms with van der Waals surface area (Å²) >= 11 is 0.780. The summed E-state index contributed by atoms with van der Waals surface area (Å²) in [5.74, 6) is 0.480. The fourth-order valence-corrected chi connectivity index (χ4v) is 4.34. The van der Waals surface area contributed by atoms with Gasteiger partial charge in [-0.25, -0.2) is 0 Å². The van der Waals surface area contributed by atoms with Gasteiger partial charge in [0.2, 0.25) is 5.91 Å². The number of ether oxygens (including phenoxy) is 3. The van der Waals surface area contributed by atoms with Crippen LogP contribution in [0.2, 0.25) is 0 Å². The molecule has 0 radical (unpaired) electrons. The van der Waals surface area contributed by atoms with Crippen LogP contribution in [0.5, 0.6) is 17.2 Å². The zero-order chi connectivity index (χ0) is 25.5. The number of carbonyl (C=O) groups is 3. The summed E-state index contributed by atoms with van der Waals surface area (Å²) in [6, 6.07) is 21.9. The van der Waals surface area contributed by atoms with Gasteiger partial charge < -0.3 is 19.5 Å². The second-order valence-corrected chi connectivity index (χ2v) is 8.69. The second-order valence-electron chi connectivity index (χ2n) is 7.70. The van der Waals surface area contributed by atoms with Gasteiger partial charge in [-0.15, -0.1) is 0 Å². The summed E-state index contributed by atoms with van der Waals surface area (Å²) in [4.78, 5) is 39.0. The highest BCUT2D eigenvalue weighted by molar-refractivity contribution is 8.18. The van der Waals surface area contributed by atoms with Crippen molar-refractivity contribution in [2.75, 3.05) is 26.1 Å². The van der Waals surface area contributed by atoms with Gasteiger partial charge in [-0.3, -0.25) is 19.3 Å². The number of para-hydroxylation sites is 2. The Labute approximate surface area is 212 Å². The molecular weight excluding hydrogens is 480 g/mol. The number of carbonyl (C=O) groups excluding carboxylic acids is 3. The van der Waals surface area contributed by atoms with E-state index in [1.54, 1.807) is 48.5 Å². The van der Waals surface area contributed by atoms with Gasteiger partial charge in [0.25, 0.3) is 11.1 Å². The lowest BCUT2D eigenvalue weighted by molar-refractivity contribution is -0.127. The minimum absolute atomic E-state index is 0.213. The van der Waals surface area contributed by atoms with Crippen LogP contribution in [0, 0.1) is 0 Å². The van der Waals surface area contributed by atoms with Gasteiger partial charge in [0.05, 0.1) is 24.8 Å². The molecule has 1 N–H and O–H groups in total. The Morgan fingerprint density at radius 2 is 1.64 bits per heavy atom. The molecule has 8 nitrogen and oxygen atoms in total. The predicted molar refractivity (Wildman–Crippen MR) is 138 cm³/mol. The number of rotatable bonds is 9. The molecule has 1 fully saturated rings. The second kappa shape index (κ2) is 11.5. The Kier molecular flexibility index (Phi) is 7.92. The number of anilines is 1. The first-order valence-corrected chi connectivity index (χ1v) is 11.8. The lowest BCUT2D eigenvalue weighted by Crippen LogP contribution is -2.36. The van der Waals surface area contributed by atoms with Crippen LogP contribution >= 0.6 is 11.8 Å². The van der Waals surface area contributed by atoms with E-state index in [0.717, 1.165) is 22.2 Å². The van der Waals surface area contributed by atoms with Crippen molar-refractivity contribution in [1.29, 1.82) is 0 Å². The molecule has 1 saturated heterocycles. The maximum absolute atomic E-state index is 12.9. The smallest absolute Gasteiger partial charge is 0.294 e. The molecular formula is C27H24N2O6S. The maximum atomic E-state index is 12.9. The molecule has 0 spiro atoms. The summed E-state index contributed by atoms with van der Waals surface area (Å²) in [6.45, 7) is -0.0258. The Morgan fingerprint density at radius 3 is 2.39 bits per heavy atom. The number of methoxy groups -OCH3 is 2. The van der Waals surface area contributed by atoms with E-state index < -0.39 is 23.6 Å². The lowest BCUT2D eigenvalue weighted by atomic mass is 10.1. The Bertz CT molecular complexity index is 1310. The molecule has 0 atom stereocenters. The zero-order valence-corrected chi connectivity index (χ0v) is 20.5. The highest BCUT2D eigenvalue weighted by Crippen LogP contribution is 2.35. The largest absolute Gasteiger partial charge is 0.495 e. The van der Waals surface area contributed by atoms with Gasteiger partial charge in [-0.1, -0.05) is 48.5 Å². The van der Waals surface area contributed by atoms with Crippen molar-refractivity contribution in [3.8, 4) is 17.2 Å². The van der Waals surface area contributed by atoms with Crippen LogP contribution in [0.25, 0.3) is 6.08 Å². The van der Waals surface area contributed by atoms with Crippen LogP contribution in [0.4, 0.5) is 10.5 Å². The molecule has 0 saturated carbocycles. The van der Waals surface area contributed by atoms with E-state index in [2.05, 4.69) is 5.32 Å². The van der Waals surface area contributed by atoms with E-state index in [9.17, 15) is 14.4 Å². The molecule has 0 bridgehead atoms. The third kappa shape index (κ3) is 5.87. The highest BCUT2D eigenvalue weighted by Gasteiger charge is 2.36. The van der Waals surface area contributed by atoms with Crippen LogP contribution < -0.4 is 19.5 Å². The van der Waals surface area contributed by atoms with Crippen LogP contribution in [0.1, 0.15) is 11.1 Å². The van der Waals surface area contributed by atoms with Gasteiger partial charge >= 0.3 is 0 Å². The summed E-state index contributed by atoms with van der Waals surface area (Å²) in [5, 5.41) is 2.15. The molecule has 1 aliphatic rings. The van der Waals surface area contributed by atoms with Gasteiger partial charge in [0, 0.05) is 0 Å². The van der Waals surface area contributed by atoms with E-state index >= 15 is 0 Å². The van der Waals surface area contributed by atoms with Crippen LogP contribution in [-0.4, -0.2) is 42.7 Å². The molecule has 184 valence electrons. The monoisotopic (exact) mass is 504 g/mol. The molecule has 3 amide bonds. The van der Waals surface area contributed by atoms with Crippen molar-refractivity contribution in [2.45, 2.75) is 6.61 Å². The van der Waals surface area contributed by atoms with Crippen molar-refractivity contribution in [3.05, 3.63) is 88.8 Å². The summed E-state index contributed by atoms with van der Waals surface area (Å²) in [5.41, 5.74) is 2.13. The Hall–Kier alpha value is -4.24. The van der Waals surface area contributed by atoms with E-state index in [1.807, 2.05) is 30.3 Å². The third-order valence-corrected chi connectivity index (χ3v) is 6.19. The average molecular weight is 505 g/mol. The topological polar surface area (TPSA) is 94.2 Å². The lowest BCUT2D eigenvalue weighted by Gasteiger charge is -2.14. The maximum Gasteiger partial charge on any atom is 0.294 e. The number of thioether (sulfide) groups is 1. The zero-order valence-electron chi connectivity index (χ0n) is 19.7. The normalized spacial score (nSPS) is 14.2. The van der Waals surface area contributed by atoms with Gasteiger partial charge in [0.1, 0.15) is 18.9 Å². The standard InChI is InChI=1S/C27H24N2O6S/c1-33-21-11-7-6-10-20(21)28-25(30)16-29-26(31)24(36-27(29)32)15-19-12-13-22(23(14-19)34-2)35-17-18-8-4-3-5-9-18/h3-15H,16-17H2,1-2H3,(H,28,30)/b24-15+. The molecule has 0 aromatic heterocycles. The molecule has 3 aromatic carbocycles. The van der Waals surface area contributed by atoms with Crippen molar-refractivity contribution >= 4 is 40.6 Å². The van der Waals surface area contributed by atoms with Gasteiger partial charge in [0.15, 0.2) is 11.5 Å². The van der Waals surface area contributed by atoms with Crippen LogP contribution in [0.3, 0.4) is 0 Å². The fourth-order valence-electron chi connectivity index (χ4n) is 3.50. The van der Waals surface area contributed by atoms with E-state index in [4.69, 9.17) is 14.2 Å². The minimum atomic E-state index is -0.538. The molecule has 3 aromatic rings. The average Bonchev–Trinajstić information content (AvgIpc) is 3.15. The molecule has 0 unspecified atom stereocenters. The van der Waals surface area contributed by atoms with E-state index in [-0.39, 0.29) is 4.91 Å². The number of imide groups is 1. The number of benzene rings is 3. The number of amides is 3. The van der Waals surface area contributed by atoms with Crippen molar-refractivity contribution < 1.29 is 28.6 Å². The number of hydrogen-bond donors (Lipinski definition) is 1. The van der Waals surface area contributed by atoms with Gasteiger partial charge in [-0.05, 0) is 53.2 Å². The quantitative estimate of drug-likeness (QED) is 0.412. The van der Waals surface area contributed by atoms with Crippen LogP contribution in [0.15, 0.2) is 77.7 Å². The molecule has 36 heavy (non-hydrogen) atoms. The number of hydrogen-bond acceptors (Lipinski definition) is 7. The van der Waals surface area contributed by atoms with Crippen LogP contribution in [-0.2, 0) is 16.2 Å². The third-order valence-electron chi connectivity index (χ3n) is 5.28. The van der Waals surface area contributed by atoms with E-state index in [1.165, 1.54) is 14.2 Å². The molecule has 4 rings (SSSR count). The first-order chi connectivity index (χ1) is 17.5. The first-order valence-electron chi connectivity index (χ1n) is 11.0. The molecule has 1 heterocycles.